The molecule has 0 saturated carbocycles. The van der Waals surface area contributed by atoms with Crippen LogP contribution in [0.5, 0.6) is 0 Å². The van der Waals surface area contributed by atoms with Gasteiger partial charge in [-0.1, -0.05) is 29.8 Å². The van der Waals surface area contributed by atoms with E-state index in [0.29, 0.717) is 16.3 Å². The van der Waals surface area contributed by atoms with E-state index in [1.807, 2.05) is 31.2 Å². The van der Waals surface area contributed by atoms with Gasteiger partial charge in [-0.2, -0.15) is 0 Å². The number of ether oxygens (including phenoxy) is 1. The van der Waals surface area contributed by atoms with Crippen molar-refractivity contribution in [3.05, 3.63) is 70.7 Å². The number of Topliss-reactive ketones (excluding diaryl/α,β-unsaturated/α-hetero) is 1. The van der Waals surface area contributed by atoms with Crippen LogP contribution in [0.25, 0.3) is 10.6 Å². The molecule has 28 heavy (non-hydrogen) atoms. The second-order valence-corrected chi connectivity index (χ2v) is 7.02. The summed E-state index contributed by atoms with van der Waals surface area (Å²) in [5.41, 5.74) is 3.22. The van der Waals surface area contributed by atoms with Gasteiger partial charge in [-0.15, -0.1) is 11.3 Å². The number of ketones is 1. The van der Waals surface area contributed by atoms with Gasteiger partial charge in [0.25, 0.3) is 0 Å². The summed E-state index contributed by atoms with van der Waals surface area (Å²) in [5.74, 6) is -1.17. The lowest BCUT2D eigenvalue weighted by atomic mass is 10.1. The number of carbonyl (C=O) groups excluding carboxylic acids is 3. The highest BCUT2D eigenvalue weighted by Gasteiger charge is 2.16. The van der Waals surface area contributed by atoms with Crippen molar-refractivity contribution in [2.24, 2.45) is 0 Å². The highest BCUT2D eigenvalue weighted by molar-refractivity contribution is 7.13. The summed E-state index contributed by atoms with van der Waals surface area (Å²) in [6, 6.07) is 14.2. The van der Waals surface area contributed by atoms with Gasteiger partial charge in [0.2, 0.25) is 5.91 Å². The van der Waals surface area contributed by atoms with Gasteiger partial charge in [-0.05, 0) is 31.2 Å². The Morgan fingerprint density at radius 2 is 1.71 bits per heavy atom. The minimum Gasteiger partial charge on any atom is -0.453 e. The van der Waals surface area contributed by atoms with Crippen LogP contribution >= 0.6 is 11.3 Å². The van der Waals surface area contributed by atoms with Crippen molar-refractivity contribution in [1.82, 2.24) is 4.98 Å². The zero-order valence-electron chi connectivity index (χ0n) is 15.4. The second kappa shape index (κ2) is 8.58. The first-order valence-electron chi connectivity index (χ1n) is 8.53. The molecule has 3 rings (SSSR count). The molecule has 142 valence electrons. The number of anilines is 1. The van der Waals surface area contributed by atoms with Crippen LogP contribution in [0.4, 0.5) is 5.69 Å². The molecule has 0 aliphatic carbocycles. The van der Waals surface area contributed by atoms with Crippen molar-refractivity contribution in [3.8, 4) is 10.6 Å². The van der Waals surface area contributed by atoms with Gasteiger partial charge in [0.1, 0.15) is 5.01 Å². The summed E-state index contributed by atoms with van der Waals surface area (Å²) in [7, 11) is 0. The van der Waals surface area contributed by atoms with Crippen LogP contribution in [0.2, 0.25) is 0 Å². The maximum absolute atomic E-state index is 12.2. The van der Waals surface area contributed by atoms with E-state index in [-0.39, 0.29) is 24.0 Å². The molecule has 0 radical (unpaired) electrons. The summed E-state index contributed by atoms with van der Waals surface area (Å²) in [6.45, 7) is 3.02. The first-order valence-corrected chi connectivity index (χ1v) is 9.41. The minimum atomic E-state index is -0.641. The Hall–Kier alpha value is -3.32. The Morgan fingerprint density at radius 3 is 2.36 bits per heavy atom. The monoisotopic (exact) mass is 394 g/mol. The molecule has 0 atom stereocenters. The largest absolute Gasteiger partial charge is 0.453 e. The van der Waals surface area contributed by atoms with Crippen LogP contribution in [0.1, 0.15) is 33.3 Å². The number of carbonyl (C=O) groups is 3. The summed E-state index contributed by atoms with van der Waals surface area (Å²) >= 11 is 1.34. The Kier molecular flexibility index (Phi) is 5.96. The number of esters is 1. The molecule has 3 aromatic rings. The smallest absolute Gasteiger partial charge is 0.358 e. The molecule has 0 fully saturated rings. The van der Waals surface area contributed by atoms with E-state index in [9.17, 15) is 14.4 Å². The minimum absolute atomic E-state index is 0.175. The van der Waals surface area contributed by atoms with E-state index in [1.165, 1.54) is 18.3 Å². The maximum atomic E-state index is 12.2. The van der Waals surface area contributed by atoms with Crippen LogP contribution in [-0.4, -0.2) is 29.3 Å². The molecule has 7 heteroatoms. The van der Waals surface area contributed by atoms with Crippen molar-refractivity contribution in [2.75, 3.05) is 11.9 Å². The van der Waals surface area contributed by atoms with Gasteiger partial charge >= 0.3 is 5.97 Å². The summed E-state index contributed by atoms with van der Waals surface area (Å²) < 4.78 is 5.09. The van der Waals surface area contributed by atoms with Crippen molar-refractivity contribution in [3.63, 3.8) is 0 Å². The number of aryl methyl sites for hydroxylation is 1. The number of amides is 1. The van der Waals surface area contributed by atoms with Crippen molar-refractivity contribution >= 4 is 34.7 Å². The third-order valence-electron chi connectivity index (χ3n) is 3.87. The molecule has 0 aliphatic heterocycles. The first-order chi connectivity index (χ1) is 13.4. The van der Waals surface area contributed by atoms with E-state index in [0.717, 1.165) is 11.1 Å². The number of nitrogens with one attached hydrogen (secondary N) is 1. The third-order valence-corrected chi connectivity index (χ3v) is 4.76. The van der Waals surface area contributed by atoms with Crippen LogP contribution in [0.3, 0.4) is 0 Å². The summed E-state index contributed by atoms with van der Waals surface area (Å²) in [6.07, 6.45) is 0. The molecule has 0 bridgehead atoms. The Balaban J connectivity index is 1.58. The van der Waals surface area contributed by atoms with Crippen molar-refractivity contribution in [1.29, 1.82) is 0 Å². The highest BCUT2D eigenvalue weighted by Crippen LogP contribution is 2.24. The van der Waals surface area contributed by atoms with Gasteiger partial charge in [0.05, 0.1) is 0 Å². The van der Waals surface area contributed by atoms with Gasteiger partial charge in [0.15, 0.2) is 18.1 Å². The van der Waals surface area contributed by atoms with E-state index >= 15 is 0 Å². The molecular formula is C21H18N2O4S. The number of nitrogens with zero attached hydrogens (tertiary/aromatic N) is 1. The fourth-order valence-corrected chi connectivity index (χ4v) is 3.22. The topological polar surface area (TPSA) is 85.4 Å². The Bertz CT molecular complexity index is 1010. The third kappa shape index (κ3) is 4.89. The zero-order chi connectivity index (χ0) is 20.1. The van der Waals surface area contributed by atoms with Crippen LogP contribution in [-0.2, 0) is 9.53 Å². The molecule has 0 saturated heterocycles. The molecule has 1 aromatic heterocycles. The summed E-state index contributed by atoms with van der Waals surface area (Å²) in [4.78, 5) is 39.7. The lowest BCUT2D eigenvalue weighted by molar-refractivity contribution is -0.114. The number of hydrogen-bond donors (Lipinski definition) is 1. The molecule has 0 spiro atoms. The van der Waals surface area contributed by atoms with Gasteiger partial charge < -0.3 is 10.1 Å². The predicted octanol–water partition coefficient (Wildman–Crippen LogP) is 4.12. The number of benzene rings is 2. The lowest BCUT2D eigenvalue weighted by Gasteiger charge is -2.05. The summed E-state index contributed by atoms with van der Waals surface area (Å²) in [5, 5.41) is 4.95. The van der Waals surface area contributed by atoms with Gasteiger partial charge in [-0.3, -0.25) is 9.59 Å². The first kappa shape index (κ1) is 19.4. The van der Waals surface area contributed by atoms with Gasteiger partial charge in [0, 0.05) is 29.1 Å². The Morgan fingerprint density at radius 1 is 1.04 bits per heavy atom. The van der Waals surface area contributed by atoms with E-state index in [2.05, 4.69) is 10.3 Å². The maximum Gasteiger partial charge on any atom is 0.358 e. The average molecular weight is 394 g/mol. The molecule has 6 nitrogen and oxygen atoms in total. The zero-order valence-corrected chi connectivity index (χ0v) is 16.2. The highest BCUT2D eigenvalue weighted by atomic mass is 32.1. The average Bonchev–Trinajstić information content (AvgIpc) is 3.17. The normalized spacial score (nSPS) is 10.4. The van der Waals surface area contributed by atoms with E-state index in [1.54, 1.807) is 29.6 Å². The van der Waals surface area contributed by atoms with E-state index in [4.69, 9.17) is 4.74 Å². The SMILES string of the molecule is CC(=O)Nc1ccc(C(=O)COC(=O)c2csc(-c3ccc(C)cc3)n2)cc1. The fraction of sp³-hybridized carbons (Fsp3) is 0.143. The number of rotatable bonds is 6. The van der Waals surface area contributed by atoms with Gasteiger partial charge in [-0.25, -0.2) is 9.78 Å². The predicted molar refractivity (Wildman–Crippen MR) is 108 cm³/mol. The molecule has 1 N–H and O–H groups in total. The second-order valence-electron chi connectivity index (χ2n) is 6.16. The molecule has 2 aromatic carbocycles. The van der Waals surface area contributed by atoms with E-state index < -0.39 is 5.97 Å². The molecule has 1 amide bonds. The number of aromatic nitrogens is 1. The fourth-order valence-electron chi connectivity index (χ4n) is 2.43. The lowest BCUT2D eigenvalue weighted by Crippen LogP contribution is -2.14. The molecule has 1 heterocycles. The standard InChI is InChI=1S/C21H18N2O4S/c1-13-3-5-16(6-4-13)20-23-18(12-28-20)21(26)27-11-19(25)15-7-9-17(10-8-15)22-14(2)24/h3-10,12H,11H2,1-2H3,(H,22,24). The Labute approximate surface area is 166 Å². The van der Waals surface area contributed by atoms with Crippen LogP contribution in [0, 0.1) is 6.92 Å². The number of hydrogen-bond acceptors (Lipinski definition) is 6. The molecular weight excluding hydrogens is 376 g/mol. The quantitative estimate of drug-likeness (QED) is 0.502. The van der Waals surface area contributed by atoms with Crippen molar-refractivity contribution < 1.29 is 19.1 Å². The molecule has 0 aliphatic rings. The van der Waals surface area contributed by atoms with Crippen LogP contribution < -0.4 is 5.32 Å². The van der Waals surface area contributed by atoms with Crippen LogP contribution in [0.15, 0.2) is 53.9 Å². The van der Waals surface area contributed by atoms with Crippen molar-refractivity contribution in [2.45, 2.75) is 13.8 Å². The number of thiazole rings is 1. The molecule has 0 unspecified atom stereocenters.